The van der Waals surface area contributed by atoms with Gasteiger partial charge in [0.1, 0.15) is 5.82 Å². The highest BCUT2D eigenvalue weighted by molar-refractivity contribution is 7.98. The molecule has 0 aliphatic carbocycles. The van der Waals surface area contributed by atoms with Gasteiger partial charge in [0.25, 0.3) is 5.91 Å². The van der Waals surface area contributed by atoms with Gasteiger partial charge in [0.15, 0.2) is 0 Å². The van der Waals surface area contributed by atoms with Crippen LogP contribution in [0.15, 0.2) is 59.8 Å². The first kappa shape index (κ1) is 16.3. The minimum absolute atomic E-state index is 0.181. The fraction of sp³-hybridized carbons (Fsp3) is 0.167. The van der Waals surface area contributed by atoms with E-state index < -0.39 is 0 Å². The maximum absolute atomic E-state index is 12.4. The number of hydrogen-bond donors (Lipinski definition) is 1. The van der Waals surface area contributed by atoms with Gasteiger partial charge < -0.3 is 0 Å². The van der Waals surface area contributed by atoms with Crippen molar-refractivity contribution >= 4 is 17.7 Å². The SMILES string of the molecule is Cc1ccc(C(=O)Nn2c(C)nnc2SCc2ccccc2)cc1. The second-order valence-corrected chi connectivity index (χ2v) is 6.39. The van der Waals surface area contributed by atoms with E-state index in [2.05, 4.69) is 27.8 Å². The van der Waals surface area contributed by atoms with Crippen LogP contribution in [-0.2, 0) is 5.75 Å². The molecular weight excluding hydrogens is 320 g/mol. The maximum atomic E-state index is 12.4. The third-order valence-corrected chi connectivity index (χ3v) is 4.53. The fourth-order valence-electron chi connectivity index (χ4n) is 2.16. The number of benzene rings is 2. The lowest BCUT2D eigenvalue weighted by molar-refractivity contribution is 0.101. The van der Waals surface area contributed by atoms with Crippen molar-refractivity contribution in [3.63, 3.8) is 0 Å². The Kier molecular flexibility index (Phi) is 4.96. The van der Waals surface area contributed by atoms with Gasteiger partial charge >= 0.3 is 0 Å². The Morgan fingerprint density at radius 3 is 2.46 bits per heavy atom. The highest BCUT2D eigenvalue weighted by Gasteiger charge is 2.13. The van der Waals surface area contributed by atoms with Crippen LogP contribution in [0.25, 0.3) is 0 Å². The van der Waals surface area contributed by atoms with Crippen LogP contribution in [0.5, 0.6) is 0 Å². The van der Waals surface area contributed by atoms with Gasteiger partial charge in [-0.05, 0) is 31.5 Å². The molecule has 1 amide bonds. The molecule has 0 fully saturated rings. The molecule has 0 spiro atoms. The lowest BCUT2D eigenvalue weighted by Crippen LogP contribution is -2.24. The summed E-state index contributed by atoms with van der Waals surface area (Å²) in [5, 5.41) is 8.88. The Bertz CT molecular complexity index is 828. The third-order valence-electron chi connectivity index (χ3n) is 3.53. The zero-order valence-corrected chi connectivity index (χ0v) is 14.4. The average Bonchev–Trinajstić information content (AvgIpc) is 2.94. The Morgan fingerprint density at radius 2 is 1.75 bits per heavy atom. The van der Waals surface area contributed by atoms with Crippen LogP contribution in [0.1, 0.15) is 27.3 Å². The van der Waals surface area contributed by atoms with Gasteiger partial charge in [-0.3, -0.25) is 10.2 Å². The molecular formula is C18H18N4OS. The molecule has 1 heterocycles. The average molecular weight is 338 g/mol. The Labute approximate surface area is 145 Å². The van der Waals surface area contributed by atoms with Gasteiger partial charge in [-0.25, -0.2) is 4.68 Å². The third kappa shape index (κ3) is 3.83. The zero-order valence-electron chi connectivity index (χ0n) is 13.6. The van der Waals surface area contributed by atoms with Crippen molar-refractivity contribution in [2.75, 3.05) is 5.43 Å². The van der Waals surface area contributed by atoms with E-state index in [4.69, 9.17) is 0 Å². The van der Waals surface area contributed by atoms with Gasteiger partial charge in [-0.1, -0.05) is 59.8 Å². The van der Waals surface area contributed by atoms with Crippen LogP contribution >= 0.6 is 11.8 Å². The summed E-state index contributed by atoms with van der Waals surface area (Å²) in [6, 6.07) is 17.6. The number of thioether (sulfide) groups is 1. The zero-order chi connectivity index (χ0) is 16.9. The van der Waals surface area contributed by atoms with E-state index in [1.165, 1.54) is 17.3 Å². The molecule has 122 valence electrons. The molecule has 0 aliphatic rings. The Hall–Kier alpha value is -2.60. The van der Waals surface area contributed by atoms with Crippen LogP contribution < -0.4 is 5.43 Å². The summed E-state index contributed by atoms with van der Waals surface area (Å²) >= 11 is 1.54. The molecule has 2 aromatic carbocycles. The van der Waals surface area contributed by atoms with Gasteiger partial charge in [0.2, 0.25) is 5.16 Å². The number of carbonyl (C=O) groups is 1. The topological polar surface area (TPSA) is 59.8 Å². The van der Waals surface area contributed by atoms with E-state index in [0.717, 1.165) is 11.3 Å². The minimum atomic E-state index is -0.181. The van der Waals surface area contributed by atoms with E-state index in [-0.39, 0.29) is 5.91 Å². The van der Waals surface area contributed by atoms with Crippen LogP contribution in [-0.4, -0.2) is 20.8 Å². The number of rotatable bonds is 5. The van der Waals surface area contributed by atoms with Crippen molar-refractivity contribution in [3.05, 3.63) is 77.1 Å². The number of amides is 1. The first-order chi connectivity index (χ1) is 11.6. The Balaban J connectivity index is 1.72. The van der Waals surface area contributed by atoms with Crippen molar-refractivity contribution in [1.82, 2.24) is 14.9 Å². The normalized spacial score (nSPS) is 10.6. The predicted octanol–water partition coefficient (Wildman–Crippen LogP) is 3.57. The molecule has 0 unspecified atom stereocenters. The molecule has 6 heteroatoms. The van der Waals surface area contributed by atoms with E-state index in [0.29, 0.717) is 16.5 Å². The predicted molar refractivity (Wildman–Crippen MR) is 95.6 cm³/mol. The standard InChI is InChI=1S/C18H18N4OS/c1-13-8-10-16(11-9-13)17(23)21-22-14(2)19-20-18(22)24-12-15-6-4-3-5-7-15/h3-11H,12H2,1-2H3,(H,21,23). The summed E-state index contributed by atoms with van der Waals surface area (Å²) in [6.45, 7) is 3.80. The molecule has 3 rings (SSSR count). The molecule has 5 nitrogen and oxygen atoms in total. The summed E-state index contributed by atoms with van der Waals surface area (Å²) < 4.78 is 1.63. The van der Waals surface area contributed by atoms with Gasteiger partial charge in [0, 0.05) is 11.3 Å². The molecule has 3 aromatic rings. The molecule has 0 bridgehead atoms. The van der Waals surface area contributed by atoms with E-state index >= 15 is 0 Å². The lowest BCUT2D eigenvalue weighted by Gasteiger charge is -2.10. The number of nitrogens with zero attached hydrogens (tertiary/aromatic N) is 3. The van der Waals surface area contributed by atoms with Crippen molar-refractivity contribution in [2.24, 2.45) is 0 Å². The number of hydrogen-bond acceptors (Lipinski definition) is 4. The maximum Gasteiger partial charge on any atom is 0.270 e. The van der Waals surface area contributed by atoms with Crippen LogP contribution in [0.2, 0.25) is 0 Å². The second kappa shape index (κ2) is 7.31. The summed E-state index contributed by atoms with van der Waals surface area (Å²) in [5.41, 5.74) is 5.78. The number of nitrogens with one attached hydrogen (secondary N) is 1. The molecule has 0 radical (unpaired) electrons. The number of aryl methyl sites for hydroxylation is 2. The molecule has 1 aromatic heterocycles. The molecule has 1 N–H and O–H groups in total. The molecule has 24 heavy (non-hydrogen) atoms. The fourth-order valence-corrected chi connectivity index (χ4v) is 3.05. The monoisotopic (exact) mass is 338 g/mol. The summed E-state index contributed by atoms with van der Waals surface area (Å²) in [6.07, 6.45) is 0. The van der Waals surface area contributed by atoms with Crippen molar-refractivity contribution in [2.45, 2.75) is 24.8 Å². The van der Waals surface area contributed by atoms with Crippen LogP contribution in [0, 0.1) is 13.8 Å². The summed E-state index contributed by atoms with van der Waals surface area (Å²) in [7, 11) is 0. The quantitative estimate of drug-likeness (QED) is 0.723. The van der Waals surface area contributed by atoms with E-state index in [1.807, 2.05) is 44.2 Å². The van der Waals surface area contributed by atoms with Gasteiger partial charge in [0.05, 0.1) is 0 Å². The van der Waals surface area contributed by atoms with Crippen molar-refractivity contribution < 1.29 is 4.79 Å². The number of aromatic nitrogens is 3. The van der Waals surface area contributed by atoms with Gasteiger partial charge in [-0.2, -0.15) is 0 Å². The smallest absolute Gasteiger partial charge is 0.267 e. The first-order valence-corrected chi connectivity index (χ1v) is 8.59. The van der Waals surface area contributed by atoms with Crippen molar-refractivity contribution in [1.29, 1.82) is 0 Å². The largest absolute Gasteiger partial charge is 0.270 e. The summed E-state index contributed by atoms with van der Waals surface area (Å²) in [5.74, 6) is 1.23. The highest BCUT2D eigenvalue weighted by atomic mass is 32.2. The second-order valence-electron chi connectivity index (χ2n) is 5.45. The molecule has 0 aliphatic heterocycles. The lowest BCUT2D eigenvalue weighted by atomic mass is 10.1. The summed E-state index contributed by atoms with van der Waals surface area (Å²) in [4.78, 5) is 12.4. The molecule has 0 saturated heterocycles. The van der Waals surface area contributed by atoms with Gasteiger partial charge in [-0.15, -0.1) is 10.2 Å². The molecule has 0 saturated carbocycles. The first-order valence-electron chi connectivity index (χ1n) is 7.60. The Morgan fingerprint density at radius 1 is 1.04 bits per heavy atom. The van der Waals surface area contributed by atoms with Crippen molar-refractivity contribution in [3.8, 4) is 0 Å². The minimum Gasteiger partial charge on any atom is -0.267 e. The van der Waals surface area contributed by atoms with E-state index in [1.54, 1.807) is 16.8 Å². The van der Waals surface area contributed by atoms with Crippen LogP contribution in [0.3, 0.4) is 0 Å². The highest BCUT2D eigenvalue weighted by Crippen LogP contribution is 2.21. The molecule has 0 atom stereocenters. The van der Waals surface area contributed by atoms with E-state index in [9.17, 15) is 4.79 Å². The number of carbonyl (C=O) groups excluding carboxylic acids is 1. The van der Waals surface area contributed by atoms with Crippen LogP contribution in [0.4, 0.5) is 0 Å².